The zero-order valence-corrected chi connectivity index (χ0v) is 15.2. The number of anilines is 1. The number of carbonyl (C=O) groups excluding carboxylic acids is 1. The van der Waals surface area contributed by atoms with Gasteiger partial charge in [0.2, 0.25) is 5.91 Å². The van der Waals surface area contributed by atoms with Gasteiger partial charge in [-0.05, 0) is 42.8 Å². The number of aromatic amines is 1. The minimum Gasteiger partial charge on any atom is -0.506 e. The number of rotatable bonds is 3. The van der Waals surface area contributed by atoms with Gasteiger partial charge in [-0.25, -0.2) is 4.39 Å². The zero-order chi connectivity index (χ0) is 19.0. The van der Waals surface area contributed by atoms with E-state index in [1.54, 1.807) is 18.2 Å². The van der Waals surface area contributed by atoms with E-state index in [1.807, 2.05) is 24.0 Å². The number of phenols is 1. The summed E-state index contributed by atoms with van der Waals surface area (Å²) in [5, 5.41) is 10.8. The molecule has 6 heteroatoms. The fourth-order valence-corrected chi connectivity index (χ4v) is 3.77. The molecule has 1 fully saturated rings. The fraction of sp³-hybridized carbons (Fsp3) is 0.286. The number of hydrogen-bond acceptors (Lipinski definition) is 3. The van der Waals surface area contributed by atoms with Crippen LogP contribution in [0.5, 0.6) is 5.75 Å². The second kappa shape index (κ2) is 6.95. The molecule has 0 bridgehead atoms. The van der Waals surface area contributed by atoms with Gasteiger partial charge in [-0.2, -0.15) is 0 Å². The lowest BCUT2D eigenvalue weighted by atomic mass is 10.1. The average molecular weight is 367 g/mol. The minimum absolute atomic E-state index is 0.0418. The second-order valence-corrected chi connectivity index (χ2v) is 6.95. The first kappa shape index (κ1) is 17.4. The van der Waals surface area contributed by atoms with E-state index in [-0.39, 0.29) is 23.9 Å². The van der Waals surface area contributed by atoms with Gasteiger partial charge in [0.1, 0.15) is 11.6 Å². The van der Waals surface area contributed by atoms with E-state index >= 15 is 0 Å². The molecule has 0 radical (unpaired) electrons. The van der Waals surface area contributed by atoms with E-state index in [0.29, 0.717) is 26.2 Å². The molecule has 2 aromatic carbocycles. The highest BCUT2D eigenvalue weighted by atomic mass is 19.1. The highest BCUT2D eigenvalue weighted by Gasteiger charge is 2.24. The lowest BCUT2D eigenvalue weighted by Crippen LogP contribution is -2.49. The Bertz CT molecular complexity index is 990. The monoisotopic (exact) mass is 367 g/mol. The molecule has 0 saturated carbocycles. The van der Waals surface area contributed by atoms with E-state index in [2.05, 4.69) is 9.88 Å². The molecule has 1 saturated heterocycles. The number of nitrogens with one attached hydrogen (secondary N) is 1. The van der Waals surface area contributed by atoms with Gasteiger partial charge in [-0.15, -0.1) is 0 Å². The van der Waals surface area contributed by atoms with E-state index in [1.165, 1.54) is 12.1 Å². The molecule has 0 atom stereocenters. The molecule has 5 nitrogen and oxygen atoms in total. The topological polar surface area (TPSA) is 59.6 Å². The van der Waals surface area contributed by atoms with Gasteiger partial charge in [0.25, 0.3) is 0 Å². The van der Waals surface area contributed by atoms with Crippen LogP contribution in [-0.2, 0) is 11.2 Å². The molecule has 0 aliphatic carbocycles. The van der Waals surface area contributed by atoms with Gasteiger partial charge < -0.3 is 19.9 Å². The molecule has 2 heterocycles. The first-order chi connectivity index (χ1) is 13.0. The Morgan fingerprint density at radius 1 is 1.15 bits per heavy atom. The molecule has 1 amide bonds. The van der Waals surface area contributed by atoms with E-state index in [4.69, 9.17) is 0 Å². The number of aryl methyl sites for hydroxylation is 1. The summed E-state index contributed by atoms with van der Waals surface area (Å²) >= 11 is 0. The predicted molar refractivity (Wildman–Crippen MR) is 104 cm³/mol. The van der Waals surface area contributed by atoms with E-state index < -0.39 is 0 Å². The van der Waals surface area contributed by atoms with Gasteiger partial charge in [-0.1, -0.05) is 12.1 Å². The number of hydrogen-bond donors (Lipinski definition) is 2. The molecule has 0 spiro atoms. The normalized spacial score (nSPS) is 14.7. The Labute approximate surface area is 157 Å². The lowest BCUT2D eigenvalue weighted by Gasteiger charge is -2.36. The molecule has 1 aliphatic heterocycles. The largest absolute Gasteiger partial charge is 0.506 e. The Morgan fingerprint density at radius 2 is 1.89 bits per heavy atom. The molecule has 1 aliphatic rings. The Morgan fingerprint density at radius 3 is 2.63 bits per heavy atom. The number of piperazine rings is 1. The van der Waals surface area contributed by atoms with Crippen LogP contribution < -0.4 is 4.90 Å². The van der Waals surface area contributed by atoms with Crippen molar-refractivity contribution in [3.63, 3.8) is 0 Å². The van der Waals surface area contributed by atoms with Crippen LogP contribution in [-0.4, -0.2) is 47.1 Å². The first-order valence-corrected chi connectivity index (χ1v) is 9.10. The van der Waals surface area contributed by atoms with Crippen molar-refractivity contribution in [1.29, 1.82) is 0 Å². The van der Waals surface area contributed by atoms with Crippen molar-refractivity contribution in [3.8, 4) is 5.75 Å². The summed E-state index contributed by atoms with van der Waals surface area (Å²) < 4.78 is 13.6. The smallest absolute Gasteiger partial charge is 0.227 e. The van der Waals surface area contributed by atoms with Crippen molar-refractivity contribution in [3.05, 3.63) is 59.5 Å². The van der Waals surface area contributed by atoms with Crippen molar-refractivity contribution in [1.82, 2.24) is 9.88 Å². The van der Waals surface area contributed by atoms with Crippen molar-refractivity contribution in [2.24, 2.45) is 0 Å². The number of H-pyrrole nitrogens is 1. The first-order valence-electron chi connectivity index (χ1n) is 9.10. The molecule has 27 heavy (non-hydrogen) atoms. The SMILES string of the molecule is Cc1[nH]c2ccc(F)cc2c1CC(=O)N1CCN(c2ccccc2O)CC1. The summed E-state index contributed by atoms with van der Waals surface area (Å²) in [6, 6.07) is 11.9. The molecule has 4 rings (SSSR count). The predicted octanol–water partition coefficient (Wildman–Crippen LogP) is 3.21. The van der Waals surface area contributed by atoms with Crippen molar-refractivity contribution >= 4 is 22.5 Å². The van der Waals surface area contributed by atoms with Gasteiger partial charge >= 0.3 is 0 Å². The number of fused-ring (bicyclic) bond motifs is 1. The number of aromatic nitrogens is 1. The zero-order valence-electron chi connectivity index (χ0n) is 15.2. The van der Waals surface area contributed by atoms with Crippen LogP contribution in [0.25, 0.3) is 10.9 Å². The number of halogens is 1. The minimum atomic E-state index is -0.300. The molecular weight excluding hydrogens is 345 g/mol. The molecule has 2 N–H and O–H groups in total. The number of carbonyl (C=O) groups is 1. The summed E-state index contributed by atoms with van der Waals surface area (Å²) in [6.45, 7) is 4.46. The third kappa shape index (κ3) is 3.35. The summed E-state index contributed by atoms with van der Waals surface area (Å²) in [4.78, 5) is 20.0. The third-order valence-electron chi connectivity index (χ3n) is 5.26. The van der Waals surface area contributed by atoms with Crippen LogP contribution in [0, 0.1) is 12.7 Å². The summed E-state index contributed by atoms with van der Waals surface area (Å²) in [6.07, 6.45) is 0.256. The second-order valence-electron chi connectivity index (χ2n) is 6.95. The number of benzene rings is 2. The van der Waals surface area contributed by atoms with Crippen LogP contribution in [0.3, 0.4) is 0 Å². The summed E-state index contributed by atoms with van der Waals surface area (Å²) in [5.74, 6) is 0.000368. The standard InChI is InChI=1S/C21H22FN3O2/c1-14-16(17-12-15(22)6-7-18(17)23-14)13-21(27)25-10-8-24(9-11-25)19-4-2-3-5-20(19)26/h2-7,12,23,26H,8-11,13H2,1H3. The van der Waals surface area contributed by atoms with Crippen LogP contribution in [0.1, 0.15) is 11.3 Å². The van der Waals surface area contributed by atoms with Gasteiger partial charge in [0.15, 0.2) is 0 Å². The van der Waals surface area contributed by atoms with Crippen LogP contribution in [0.4, 0.5) is 10.1 Å². The average Bonchev–Trinajstić information content (AvgIpc) is 2.97. The number of phenolic OH excluding ortho intramolecular Hbond substituents is 1. The quantitative estimate of drug-likeness (QED) is 0.747. The third-order valence-corrected chi connectivity index (χ3v) is 5.26. The van der Waals surface area contributed by atoms with Gasteiger partial charge in [0.05, 0.1) is 12.1 Å². The number of aromatic hydroxyl groups is 1. The van der Waals surface area contributed by atoms with E-state index in [9.17, 15) is 14.3 Å². The van der Waals surface area contributed by atoms with Gasteiger partial charge in [-0.3, -0.25) is 4.79 Å². The maximum Gasteiger partial charge on any atom is 0.227 e. The Hall–Kier alpha value is -3.02. The molecule has 1 aromatic heterocycles. The molecule has 0 unspecified atom stereocenters. The summed E-state index contributed by atoms with van der Waals surface area (Å²) in [7, 11) is 0. The fourth-order valence-electron chi connectivity index (χ4n) is 3.77. The van der Waals surface area contributed by atoms with Gasteiger partial charge in [0, 0.05) is 42.8 Å². The number of para-hydroxylation sites is 2. The van der Waals surface area contributed by atoms with Crippen molar-refractivity contribution in [2.45, 2.75) is 13.3 Å². The van der Waals surface area contributed by atoms with Crippen LogP contribution in [0.15, 0.2) is 42.5 Å². The van der Waals surface area contributed by atoms with Crippen LogP contribution >= 0.6 is 0 Å². The lowest BCUT2D eigenvalue weighted by molar-refractivity contribution is -0.130. The molecule has 140 valence electrons. The van der Waals surface area contributed by atoms with Crippen molar-refractivity contribution in [2.75, 3.05) is 31.1 Å². The number of nitrogens with zero attached hydrogens (tertiary/aromatic N) is 2. The molecule has 3 aromatic rings. The molecular formula is C21H22FN3O2. The Balaban J connectivity index is 1.45. The highest BCUT2D eigenvalue weighted by Crippen LogP contribution is 2.28. The maximum absolute atomic E-state index is 13.6. The highest BCUT2D eigenvalue weighted by molar-refractivity contribution is 5.90. The number of amides is 1. The Kier molecular flexibility index (Phi) is 4.48. The van der Waals surface area contributed by atoms with E-state index in [0.717, 1.165) is 27.8 Å². The van der Waals surface area contributed by atoms with Crippen LogP contribution in [0.2, 0.25) is 0 Å². The maximum atomic E-state index is 13.6. The van der Waals surface area contributed by atoms with Crippen molar-refractivity contribution < 1.29 is 14.3 Å². The summed E-state index contributed by atoms with van der Waals surface area (Å²) in [5.41, 5.74) is 3.41.